The zero-order valence-corrected chi connectivity index (χ0v) is 18.2. The topological polar surface area (TPSA) is 35.8 Å². The number of aromatic nitrogens is 1. The quantitative estimate of drug-likeness (QED) is 0.390. The molecule has 0 spiro atoms. The zero-order valence-electron chi connectivity index (χ0n) is 15.1. The summed E-state index contributed by atoms with van der Waals surface area (Å²) in [5.74, 6) is 0.900. The molecule has 0 saturated carbocycles. The van der Waals surface area contributed by atoms with E-state index < -0.39 is 0 Å². The van der Waals surface area contributed by atoms with Crippen molar-refractivity contribution in [3.63, 3.8) is 0 Å². The van der Waals surface area contributed by atoms with E-state index in [1.54, 1.807) is 0 Å². The molecule has 0 atom stereocenters. The molecule has 7 heteroatoms. The van der Waals surface area contributed by atoms with E-state index in [0.29, 0.717) is 6.04 Å². The highest BCUT2D eigenvalue weighted by Crippen LogP contribution is 2.14. The van der Waals surface area contributed by atoms with Crippen molar-refractivity contribution in [3.05, 3.63) is 23.0 Å². The molecule has 0 aromatic carbocycles. The van der Waals surface area contributed by atoms with E-state index in [1.807, 2.05) is 38.0 Å². The van der Waals surface area contributed by atoms with Gasteiger partial charge in [0.15, 0.2) is 5.96 Å². The zero-order chi connectivity index (χ0) is 16.7. The molecule has 0 aliphatic carbocycles. The predicted molar refractivity (Wildman–Crippen MR) is 111 cm³/mol. The highest BCUT2D eigenvalue weighted by molar-refractivity contribution is 14.0. The minimum absolute atomic E-state index is 0. The lowest BCUT2D eigenvalue weighted by Gasteiger charge is -2.27. The van der Waals surface area contributed by atoms with Crippen molar-refractivity contribution in [2.24, 2.45) is 12.0 Å². The average molecular weight is 456 g/mol. The second kappa shape index (κ2) is 11.1. The summed E-state index contributed by atoms with van der Waals surface area (Å²) in [7, 11) is 5.86. The van der Waals surface area contributed by atoms with Gasteiger partial charge >= 0.3 is 0 Å². The summed E-state index contributed by atoms with van der Waals surface area (Å²) in [6.07, 6.45) is 1.92. The number of hydrogen-bond donors (Lipinski definition) is 1. The van der Waals surface area contributed by atoms with Crippen molar-refractivity contribution < 1.29 is 0 Å². The number of hydrogen-bond acceptors (Lipinski definition) is 2. The third kappa shape index (κ3) is 7.30. The van der Waals surface area contributed by atoms with Crippen molar-refractivity contribution in [2.45, 2.75) is 33.4 Å². The highest BCUT2D eigenvalue weighted by Gasteiger charge is 2.11. The fourth-order valence-electron chi connectivity index (χ4n) is 2.52. The molecule has 0 saturated heterocycles. The number of aliphatic imine (C=N–C) groups is 1. The fraction of sp³-hybridized carbons (Fsp3) is 0.688. The van der Waals surface area contributed by atoms with Gasteiger partial charge in [0, 0.05) is 52.2 Å². The summed E-state index contributed by atoms with van der Waals surface area (Å²) in [5.41, 5.74) is 1.16. The van der Waals surface area contributed by atoms with Crippen LogP contribution in [0.25, 0.3) is 0 Å². The first kappa shape index (κ1) is 22.5. The monoisotopic (exact) mass is 455 g/mol. The van der Waals surface area contributed by atoms with Crippen LogP contribution in [0.2, 0.25) is 5.02 Å². The predicted octanol–water partition coefficient (Wildman–Crippen LogP) is 3.03. The number of nitrogens with one attached hydrogen (secondary N) is 1. The van der Waals surface area contributed by atoms with Crippen molar-refractivity contribution >= 4 is 41.5 Å². The molecule has 0 bridgehead atoms. The maximum absolute atomic E-state index is 6.04. The van der Waals surface area contributed by atoms with Crippen LogP contribution in [0.5, 0.6) is 0 Å². The van der Waals surface area contributed by atoms with Crippen molar-refractivity contribution in [2.75, 3.05) is 33.7 Å². The Morgan fingerprint density at radius 3 is 2.52 bits per heavy atom. The van der Waals surface area contributed by atoms with Crippen LogP contribution in [0.1, 0.15) is 26.5 Å². The molecule has 5 nitrogen and oxygen atoms in total. The molecule has 1 aromatic rings. The van der Waals surface area contributed by atoms with Gasteiger partial charge in [0.25, 0.3) is 0 Å². The van der Waals surface area contributed by atoms with Gasteiger partial charge in [-0.1, -0.05) is 18.5 Å². The molecule has 0 aliphatic rings. The van der Waals surface area contributed by atoms with Crippen LogP contribution >= 0.6 is 35.6 Å². The Morgan fingerprint density at radius 2 is 2.09 bits per heavy atom. The van der Waals surface area contributed by atoms with Crippen molar-refractivity contribution in [3.8, 4) is 0 Å². The minimum Gasteiger partial charge on any atom is -0.355 e. The van der Waals surface area contributed by atoms with Gasteiger partial charge in [0.1, 0.15) is 0 Å². The van der Waals surface area contributed by atoms with Gasteiger partial charge in [0.05, 0.1) is 11.6 Å². The minimum atomic E-state index is 0. The van der Waals surface area contributed by atoms with E-state index in [1.165, 1.54) is 0 Å². The SMILES string of the molecule is CCN(CCNC(=NC)N(C)Cc1cc(Cl)cn1C)C(C)C.I. The summed E-state index contributed by atoms with van der Waals surface area (Å²) in [4.78, 5) is 8.90. The third-order valence-electron chi connectivity index (χ3n) is 3.87. The van der Waals surface area contributed by atoms with Gasteiger partial charge in [-0.2, -0.15) is 0 Å². The Hall–Kier alpha value is -0.470. The number of halogens is 2. The second-order valence-corrected chi connectivity index (χ2v) is 6.25. The Bertz CT molecular complexity index is 487. The van der Waals surface area contributed by atoms with Crippen LogP contribution in [0.3, 0.4) is 0 Å². The summed E-state index contributed by atoms with van der Waals surface area (Å²) < 4.78 is 2.05. The van der Waals surface area contributed by atoms with Gasteiger partial charge in [-0.05, 0) is 26.5 Å². The van der Waals surface area contributed by atoms with Crippen molar-refractivity contribution in [1.82, 2.24) is 19.7 Å². The molecule has 0 radical (unpaired) electrons. The highest BCUT2D eigenvalue weighted by atomic mass is 127. The van der Waals surface area contributed by atoms with Crippen LogP contribution in [-0.4, -0.2) is 60.1 Å². The Balaban J connectivity index is 0.00000484. The van der Waals surface area contributed by atoms with Crippen LogP contribution in [-0.2, 0) is 13.6 Å². The molecular weight excluding hydrogens is 425 g/mol. The van der Waals surface area contributed by atoms with E-state index in [2.05, 4.69) is 40.9 Å². The van der Waals surface area contributed by atoms with Crippen LogP contribution in [0, 0.1) is 0 Å². The normalized spacial score (nSPS) is 11.8. The molecule has 1 heterocycles. The molecule has 0 unspecified atom stereocenters. The summed E-state index contributed by atoms with van der Waals surface area (Å²) in [6.45, 7) is 10.4. The Labute approximate surface area is 163 Å². The molecule has 1 N–H and O–H groups in total. The number of aryl methyl sites for hydroxylation is 1. The standard InChI is InChI=1S/C16H30ClN5.HI/c1-7-22(13(2)3)9-8-19-16(18-4)21(6)12-15-10-14(17)11-20(15)5;/h10-11,13H,7-9,12H2,1-6H3,(H,18,19);1H. The van der Waals surface area contributed by atoms with E-state index in [4.69, 9.17) is 11.6 Å². The molecule has 1 aromatic heterocycles. The smallest absolute Gasteiger partial charge is 0.193 e. The summed E-state index contributed by atoms with van der Waals surface area (Å²) in [5, 5.41) is 4.20. The van der Waals surface area contributed by atoms with Crippen LogP contribution < -0.4 is 5.32 Å². The summed E-state index contributed by atoms with van der Waals surface area (Å²) in [6, 6.07) is 2.56. The lowest BCUT2D eigenvalue weighted by atomic mass is 10.3. The number of nitrogens with zero attached hydrogens (tertiary/aromatic N) is 4. The molecule has 0 amide bonds. The average Bonchev–Trinajstić information content (AvgIpc) is 2.76. The van der Waals surface area contributed by atoms with E-state index in [-0.39, 0.29) is 24.0 Å². The molecule has 23 heavy (non-hydrogen) atoms. The lowest BCUT2D eigenvalue weighted by molar-refractivity contribution is 0.236. The number of likely N-dealkylation sites (N-methyl/N-ethyl adjacent to an activating group) is 1. The number of rotatable bonds is 7. The first-order valence-corrected chi connectivity index (χ1v) is 8.23. The maximum atomic E-state index is 6.04. The molecule has 0 fully saturated rings. The van der Waals surface area contributed by atoms with E-state index in [9.17, 15) is 0 Å². The van der Waals surface area contributed by atoms with Crippen LogP contribution in [0.4, 0.5) is 0 Å². The fourth-order valence-corrected chi connectivity index (χ4v) is 2.79. The third-order valence-corrected chi connectivity index (χ3v) is 4.07. The van der Waals surface area contributed by atoms with Gasteiger partial charge in [0.2, 0.25) is 0 Å². The number of guanidine groups is 1. The summed E-state index contributed by atoms with van der Waals surface area (Å²) >= 11 is 6.04. The lowest BCUT2D eigenvalue weighted by Crippen LogP contribution is -2.43. The molecule has 0 aliphatic heterocycles. The Kier molecular flexibility index (Phi) is 10.9. The Morgan fingerprint density at radius 1 is 1.43 bits per heavy atom. The second-order valence-electron chi connectivity index (χ2n) is 5.81. The largest absolute Gasteiger partial charge is 0.355 e. The maximum Gasteiger partial charge on any atom is 0.193 e. The first-order valence-electron chi connectivity index (χ1n) is 7.85. The molecule has 134 valence electrons. The van der Waals surface area contributed by atoms with Crippen molar-refractivity contribution in [1.29, 1.82) is 0 Å². The van der Waals surface area contributed by atoms with Gasteiger partial charge in [-0.3, -0.25) is 9.89 Å². The molecule has 1 rings (SSSR count). The van der Waals surface area contributed by atoms with E-state index in [0.717, 1.165) is 42.9 Å². The van der Waals surface area contributed by atoms with E-state index >= 15 is 0 Å². The first-order chi connectivity index (χ1) is 10.4. The van der Waals surface area contributed by atoms with Gasteiger partial charge in [-0.25, -0.2) is 0 Å². The van der Waals surface area contributed by atoms with Crippen LogP contribution in [0.15, 0.2) is 17.3 Å². The van der Waals surface area contributed by atoms with Gasteiger partial charge < -0.3 is 14.8 Å². The molecular formula is C16H31ClIN5. The van der Waals surface area contributed by atoms with Gasteiger partial charge in [-0.15, -0.1) is 24.0 Å².